The number of nitrogens with zero attached hydrogens (tertiary/aromatic N) is 1. The molecule has 0 radical (unpaired) electrons. The first-order chi connectivity index (χ1) is 13.0. The van der Waals surface area contributed by atoms with Gasteiger partial charge in [-0.3, -0.25) is 4.79 Å². The lowest BCUT2D eigenvalue weighted by Gasteiger charge is -2.27. The van der Waals surface area contributed by atoms with Gasteiger partial charge in [-0.15, -0.1) is 11.3 Å². The first kappa shape index (κ1) is 19.8. The molecule has 0 spiro atoms. The largest absolute Gasteiger partial charge is 0.497 e. The average molecular weight is 390 g/mol. The van der Waals surface area contributed by atoms with Crippen molar-refractivity contribution < 1.29 is 14.3 Å². The molecule has 3 rings (SSSR count). The Labute approximate surface area is 164 Å². The summed E-state index contributed by atoms with van der Waals surface area (Å²) in [4.78, 5) is 18.3. The summed E-state index contributed by atoms with van der Waals surface area (Å²) in [7, 11) is 1.65. The van der Waals surface area contributed by atoms with Gasteiger partial charge in [-0.1, -0.05) is 0 Å². The van der Waals surface area contributed by atoms with Crippen molar-refractivity contribution in [3.05, 3.63) is 34.8 Å². The summed E-state index contributed by atoms with van der Waals surface area (Å²) < 4.78 is 10.6. The number of thiazole rings is 1. The molecule has 0 aliphatic carbocycles. The highest BCUT2D eigenvalue weighted by atomic mass is 32.1. The molecule has 0 saturated carbocycles. The van der Waals surface area contributed by atoms with Crippen molar-refractivity contribution in [3.63, 3.8) is 0 Å². The van der Waals surface area contributed by atoms with E-state index in [1.54, 1.807) is 18.4 Å². The Morgan fingerprint density at radius 1 is 1.33 bits per heavy atom. The third kappa shape index (κ3) is 4.66. The molecule has 2 heterocycles. The topological polar surface area (TPSA) is 86.5 Å². The second-order valence-corrected chi connectivity index (χ2v) is 7.93. The van der Waals surface area contributed by atoms with Crippen LogP contribution in [0.4, 0.5) is 0 Å². The molecule has 1 aliphatic rings. The predicted molar refractivity (Wildman–Crippen MR) is 107 cm³/mol. The van der Waals surface area contributed by atoms with Crippen LogP contribution >= 0.6 is 11.3 Å². The number of nitrogens with two attached hydrogens (primary N) is 1. The highest BCUT2D eigenvalue weighted by Gasteiger charge is 2.28. The highest BCUT2D eigenvalue weighted by Crippen LogP contribution is 2.32. The number of hydrogen-bond donors (Lipinski definition) is 2. The monoisotopic (exact) mass is 389 g/mol. The van der Waals surface area contributed by atoms with E-state index in [0.29, 0.717) is 13.2 Å². The van der Waals surface area contributed by atoms with Gasteiger partial charge in [0.05, 0.1) is 29.8 Å². The maximum absolute atomic E-state index is 12.6. The van der Waals surface area contributed by atoms with E-state index >= 15 is 0 Å². The predicted octanol–water partition coefficient (Wildman–Crippen LogP) is 3.06. The van der Waals surface area contributed by atoms with Crippen molar-refractivity contribution in [1.82, 2.24) is 10.3 Å². The number of amides is 1. The van der Waals surface area contributed by atoms with E-state index in [1.165, 1.54) is 0 Å². The zero-order chi connectivity index (χ0) is 19.4. The molecule has 7 heteroatoms. The third-order valence-corrected chi connectivity index (χ3v) is 6.39. The molecule has 146 valence electrons. The van der Waals surface area contributed by atoms with Gasteiger partial charge in [0.25, 0.3) is 0 Å². The summed E-state index contributed by atoms with van der Waals surface area (Å²) in [6, 6.07) is 7.20. The van der Waals surface area contributed by atoms with Crippen molar-refractivity contribution in [1.29, 1.82) is 0 Å². The van der Waals surface area contributed by atoms with Crippen LogP contribution in [0.1, 0.15) is 36.4 Å². The highest BCUT2D eigenvalue weighted by molar-refractivity contribution is 7.15. The zero-order valence-electron chi connectivity index (χ0n) is 16.0. The van der Waals surface area contributed by atoms with Gasteiger partial charge in [0, 0.05) is 18.8 Å². The van der Waals surface area contributed by atoms with Crippen LogP contribution in [0.3, 0.4) is 0 Å². The Morgan fingerprint density at radius 3 is 2.63 bits per heavy atom. The number of methoxy groups -OCH3 is 1. The maximum Gasteiger partial charge on any atom is 0.237 e. The van der Waals surface area contributed by atoms with Crippen LogP contribution in [0.15, 0.2) is 24.3 Å². The van der Waals surface area contributed by atoms with Gasteiger partial charge >= 0.3 is 0 Å². The SMILES string of the molecule is COc1ccc(-c2nc(C)c(C(C)NC(=O)C(N)C3CCOCC3)s2)cc1. The van der Waals surface area contributed by atoms with E-state index in [1.807, 2.05) is 38.1 Å². The summed E-state index contributed by atoms with van der Waals surface area (Å²) in [5.74, 6) is 0.895. The van der Waals surface area contributed by atoms with E-state index < -0.39 is 6.04 Å². The smallest absolute Gasteiger partial charge is 0.237 e. The van der Waals surface area contributed by atoms with Crippen LogP contribution in [0, 0.1) is 12.8 Å². The van der Waals surface area contributed by atoms with E-state index in [2.05, 4.69) is 10.3 Å². The van der Waals surface area contributed by atoms with E-state index in [4.69, 9.17) is 15.2 Å². The van der Waals surface area contributed by atoms with Crippen molar-refractivity contribution in [2.45, 2.75) is 38.8 Å². The van der Waals surface area contributed by atoms with Gasteiger partial charge in [0.15, 0.2) is 0 Å². The minimum absolute atomic E-state index is 0.104. The molecule has 1 aliphatic heterocycles. The van der Waals surface area contributed by atoms with Crippen molar-refractivity contribution >= 4 is 17.2 Å². The first-order valence-electron chi connectivity index (χ1n) is 9.25. The number of carbonyl (C=O) groups is 1. The van der Waals surface area contributed by atoms with Gasteiger partial charge in [-0.25, -0.2) is 4.98 Å². The standard InChI is InChI=1S/C20H27N3O3S/c1-12(22-19(24)17(21)14-8-10-26-11-9-14)18-13(2)23-20(27-18)15-4-6-16(25-3)7-5-15/h4-7,12,14,17H,8-11,21H2,1-3H3,(H,22,24). The molecule has 2 aromatic rings. The molecule has 1 aromatic heterocycles. The Hall–Kier alpha value is -1.96. The van der Waals surface area contributed by atoms with Crippen LogP contribution in [-0.2, 0) is 9.53 Å². The summed E-state index contributed by atoms with van der Waals surface area (Å²) in [6.45, 7) is 5.31. The minimum atomic E-state index is -0.495. The quantitative estimate of drug-likeness (QED) is 0.793. The third-order valence-electron chi connectivity index (χ3n) is 5.00. The lowest BCUT2D eigenvalue weighted by molar-refractivity contribution is -0.125. The molecular formula is C20H27N3O3S. The van der Waals surface area contributed by atoms with Crippen LogP contribution in [-0.4, -0.2) is 37.3 Å². The zero-order valence-corrected chi connectivity index (χ0v) is 16.8. The fourth-order valence-corrected chi connectivity index (χ4v) is 4.41. The van der Waals surface area contributed by atoms with E-state index in [-0.39, 0.29) is 17.9 Å². The number of aryl methyl sites for hydroxylation is 1. The summed E-state index contributed by atoms with van der Waals surface area (Å²) in [6.07, 6.45) is 1.67. The molecule has 2 unspecified atom stereocenters. The van der Waals surface area contributed by atoms with E-state index in [0.717, 1.165) is 39.7 Å². The van der Waals surface area contributed by atoms with Crippen molar-refractivity contribution in [2.75, 3.05) is 20.3 Å². The van der Waals surface area contributed by atoms with Crippen LogP contribution in [0.5, 0.6) is 5.75 Å². The Balaban J connectivity index is 1.68. The molecular weight excluding hydrogens is 362 g/mol. The second-order valence-electron chi connectivity index (χ2n) is 6.90. The number of carbonyl (C=O) groups excluding carboxylic acids is 1. The van der Waals surface area contributed by atoms with Crippen LogP contribution in [0.25, 0.3) is 10.6 Å². The molecule has 2 atom stereocenters. The van der Waals surface area contributed by atoms with Gasteiger partial charge in [-0.2, -0.15) is 0 Å². The number of aromatic nitrogens is 1. The Morgan fingerprint density at radius 2 is 2.00 bits per heavy atom. The van der Waals surface area contributed by atoms with Gasteiger partial charge < -0.3 is 20.5 Å². The lowest BCUT2D eigenvalue weighted by Crippen LogP contribution is -2.47. The Kier molecular flexibility index (Phi) is 6.46. The van der Waals surface area contributed by atoms with Gasteiger partial charge in [0.2, 0.25) is 5.91 Å². The molecule has 1 saturated heterocycles. The summed E-state index contributed by atoms with van der Waals surface area (Å²) in [5, 5.41) is 3.99. The van der Waals surface area contributed by atoms with Gasteiger partial charge in [0.1, 0.15) is 10.8 Å². The molecule has 3 N–H and O–H groups in total. The fraction of sp³-hybridized carbons (Fsp3) is 0.500. The second kappa shape index (κ2) is 8.82. The number of nitrogens with one attached hydrogen (secondary N) is 1. The van der Waals surface area contributed by atoms with Crippen molar-refractivity contribution in [3.8, 4) is 16.3 Å². The maximum atomic E-state index is 12.6. The van der Waals surface area contributed by atoms with Crippen LogP contribution < -0.4 is 15.8 Å². The molecule has 1 aromatic carbocycles. The minimum Gasteiger partial charge on any atom is -0.497 e. The van der Waals surface area contributed by atoms with Gasteiger partial charge in [-0.05, 0) is 56.9 Å². The average Bonchev–Trinajstić information content (AvgIpc) is 3.10. The number of ether oxygens (including phenoxy) is 2. The molecule has 27 heavy (non-hydrogen) atoms. The normalized spacial score (nSPS) is 17.3. The first-order valence-corrected chi connectivity index (χ1v) is 10.1. The number of benzene rings is 1. The van der Waals surface area contributed by atoms with Crippen molar-refractivity contribution in [2.24, 2.45) is 11.7 Å². The van der Waals surface area contributed by atoms with E-state index in [9.17, 15) is 4.79 Å². The molecule has 1 fully saturated rings. The van der Waals surface area contributed by atoms with Crippen LogP contribution in [0.2, 0.25) is 0 Å². The lowest BCUT2D eigenvalue weighted by atomic mass is 9.91. The molecule has 0 bridgehead atoms. The number of rotatable bonds is 6. The fourth-order valence-electron chi connectivity index (χ4n) is 3.33. The summed E-state index contributed by atoms with van der Waals surface area (Å²) in [5.41, 5.74) is 8.15. The Bertz CT molecular complexity index is 769. The molecule has 1 amide bonds. The summed E-state index contributed by atoms with van der Waals surface area (Å²) >= 11 is 1.60. The number of hydrogen-bond acceptors (Lipinski definition) is 6. The molecule has 6 nitrogen and oxygen atoms in total.